The van der Waals surface area contributed by atoms with Gasteiger partial charge < -0.3 is 24.6 Å². The van der Waals surface area contributed by atoms with Crippen molar-refractivity contribution < 1.29 is 27.4 Å². The number of nitrogens with one attached hydrogen (secondary N) is 1. The van der Waals surface area contributed by atoms with Gasteiger partial charge in [0.25, 0.3) is 5.91 Å². The highest BCUT2D eigenvalue weighted by Crippen LogP contribution is 2.33. The molecule has 1 N–H and O–H groups in total. The Balaban J connectivity index is 1.61. The number of hydrogen-bond donors (Lipinski definition) is 1. The van der Waals surface area contributed by atoms with Gasteiger partial charge in [0.1, 0.15) is 5.70 Å². The van der Waals surface area contributed by atoms with Crippen LogP contribution < -0.4 is 5.32 Å². The van der Waals surface area contributed by atoms with Crippen LogP contribution in [0.25, 0.3) is 5.57 Å². The molecular weight excluding hydrogens is 573 g/mol. The lowest BCUT2D eigenvalue weighted by molar-refractivity contribution is -0.137. The van der Waals surface area contributed by atoms with Gasteiger partial charge in [-0.05, 0) is 81.6 Å². The normalized spacial score (nSPS) is 17.7. The van der Waals surface area contributed by atoms with E-state index in [4.69, 9.17) is 9.47 Å². The van der Waals surface area contributed by atoms with Crippen molar-refractivity contribution in [2.24, 2.45) is 4.99 Å². The third kappa shape index (κ3) is 8.67. The van der Waals surface area contributed by atoms with Gasteiger partial charge in [-0.3, -0.25) is 14.7 Å². The second-order valence-corrected chi connectivity index (χ2v) is 11.0. The first-order valence-corrected chi connectivity index (χ1v) is 14.7. The third-order valence-corrected chi connectivity index (χ3v) is 7.70. The molecule has 1 amide bonds. The molecule has 0 unspecified atom stereocenters. The summed E-state index contributed by atoms with van der Waals surface area (Å²) < 4.78 is 52.7. The highest BCUT2D eigenvalue weighted by molar-refractivity contribution is 6.04. The van der Waals surface area contributed by atoms with Crippen LogP contribution in [0.4, 0.5) is 18.9 Å². The molecule has 238 valence electrons. The van der Waals surface area contributed by atoms with E-state index in [1.165, 1.54) is 6.20 Å². The predicted octanol–water partition coefficient (Wildman–Crippen LogP) is 5.05. The fourth-order valence-corrected chi connectivity index (χ4v) is 5.26. The van der Waals surface area contributed by atoms with Gasteiger partial charge in [-0.25, -0.2) is 4.99 Å². The number of benzene rings is 1. The Bertz CT molecular complexity index is 1390. The molecule has 1 aromatic carbocycles. The van der Waals surface area contributed by atoms with Crippen LogP contribution in [0.15, 0.2) is 53.1 Å². The summed E-state index contributed by atoms with van der Waals surface area (Å²) in [6, 6.07) is 5.43. The van der Waals surface area contributed by atoms with Gasteiger partial charge in [-0.15, -0.1) is 0 Å². The number of aromatic nitrogens is 1. The van der Waals surface area contributed by atoms with Crippen molar-refractivity contribution >= 4 is 23.9 Å². The number of aliphatic imine (C=N–C) groups is 1. The number of rotatable bonds is 10. The average molecular weight is 615 g/mol. The van der Waals surface area contributed by atoms with Crippen molar-refractivity contribution in [2.75, 3.05) is 71.5 Å². The number of amides is 1. The zero-order chi connectivity index (χ0) is 31.9. The molecular formula is C32H41F3N6O3. The first-order chi connectivity index (χ1) is 21.0. The Kier molecular flexibility index (Phi) is 11.2. The maximum Gasteiger partial charge on any atom is 0.416 e. The van der Waals surface area contributed by atoms with Crippen LogP contribution in [0.5, 0.6) is 0 Å². The first kappa shape index (κ1) is 33.2. The van der Waals surface area contributed by atoms with E-state index < -0.39 is 17.6 Å². The first-order valence-electron chi connectivity index (χ1n) is 14.7. The number of nitrogens with zero attached hydrogens (tertiary/aromatic N) is 5. The summed E-state index contributed by atoms with van der Waals surface area (Å²) in [5.74, 6) is -0.159. The van der Waals surface area contributed by atoms with Crippen molar-refractivity contribution in [1.29, 1.82) is 0 Å². The van der Waals surface area contributed by atoms with Crippen LogP contribution >= 0.6 is 0 Å². The monoisotopic (exact) mass is 614 g/mol. The number of carbonyl (C=O) groups excluding carboxylic acids is 1. The van der Waals surface area contributed by atoms with Gasteiger partial charge in [0.2, 0.25) is 5.88 Å². The maximum absolute atomic E-state index is 13.8. The number of halogens is 3. The Labute approximate surface area is 257 Å². The van der Waals surface area contributed by atoms with Crippen LogP contribution in [0.3, 0.4) is 0 Å². The summed E-state index contributed by atoms with van der Waals surface area (Å²) >= 11 is 0. The van der Waals surface area contributed by atoms with Crippen molar-refractivity contribution in [2.45, 2.75) is 33.5 Å². The summed E-state index contributed by atoms with van der Waals surface area (Å²) in [5, 5.41) is 2.68. The number of hydrogen-bond acceptors (Lipinski definition) is 8. The second kappa shape index (κ2) is 14.8. The van der Waals surface area contributed by atoms with Crippen LogP contribution in [0.2, 0.25) is 0 Å². The lowest BCUT2D eigenvalue weighted by Crippen LogP contribution is -2.43. The van der Waals surface area contributed by atoms with Crippen LogP contribution in [-0.4, -0.2) is 98.4 Å². The molecule has 0 aliphatic carbocycles. The van der Waals surface area contributed by atoms with E-state index in [0.29, 0.717) is 62.2 Å². The molecule has 0 saturated carbocycles. The minimum Gasteiger partial charge on any atom is -0.477 e. The largest absolute Gasteiger partial charge is 0.477 e. The molecule has 0 spiro atoms. The number of allylic oxidation sites excluding steroid dienone is 2. The Morgan fingerprint density at radius 1 is 1.14 bits per heavy atom. The van der Waals surface area contributed by atoms with Crippen molar-refractivity contribution in [3.63, 3.8) is 0 Å². The summed E-state index contributed by atoms with van der Waals surface area (Å²) in [4.78, 5) is 28.3. The summed E-state index contributed by atoms with van der Waals surface area (Å²) in [6.45, 7) is 15.7. The van der Waals surface area contributed by atoms with E-state index >= 15 is 0 Å². The SMILES string of the molecule is C=N/C(OCC)=C(\C=C(/C)c1cc(C(=O)Nc2cc(CN3CCN(C)CC3)cc(C(F)(F)F)c2)cnc1C)N1CCOCC1. The second-order valence-electron chi connectivity index (χ2n) is 11.0. The number of likely N-dealkylation sites (N-methyl/N-ethyl adjacent to an activating group) is 1. The minimum atomic E-state index is -4.55. The molecule has 44 heavy (non-hydrogen) atoms. The molecule has 3 heterocycles. The lowest BCUT2D eigenvalue weighted by Gasteiger charge is -2.32. The highest BCUT2D eigenvalue weighted by atomic mass is 19.4. The number of carbonyl (C=O) groups is 1. The molecule has 0 radical (unpaired) electrons. The number of ether oxygens (including phenoxy) is 2. The quantitative estimate of drug-likeness (QED) is 0.228. The minimum absolute atomic E-state index is 0.0827. The zero-order valence-corrected chi connectivity index (χ0v) is 25.8. The van der Waals surface area contributed by atoms with E-state index in [1.807, 2.05) is 33.9 Å². The van der Waals surface area contributed by atoms with E-state index in [-0.39, 0.29) is 11.3 Å². The number of pyridine rings is 1. The van der Waals surface area contributed by atoms with Gasteiger partial charge in [0.15, 0.2) is 0 Å². The van der Waals surface area contributed by atoms with Crippen molar-refractivity contribution in [1.82, 2.24) is 19.7 Å². The number of piperazine rings is 1. The molecule has 12 heteroatoms. The van der Waals surface area contributed by atoms with Gasteiger partial charge >= 0.3 is 6.18 Å². The highest BCUT2D eigenvalue weighted by Gasteiger charge is 2.32. The zero-order valence-electron chi connectivity index (χ0n) is 25.8. The fourth-order valence-electron chi connectivity index (χ4n) is 5.26. The number of alkyl halides is 3. The molecule has 0 atom stereocenters. The van der Waals surface area contributed by atoms with Crippen LogP contribution in [0, 0.1) is 6.92 Å². The molecule has 1 aromatic heterocycles. The van der Waals surface area contributed by atoms with Gasteiger partial charge in [0, 0.05) is 63.4 Å². The molecule has 2 aromatic rings. The van der Waals surface area contributed by atoms with E-state index in [2.05, 4.69) is 36.7 Å². The Hall–Kier alpha value is -3.74. The molecule has 2 fully saturated rings. The molecule has 2 aliphatic heterocycles. The Morgan fingerprint density at radius 2 is 1.84 bits per heavy atom. The molecule has 0 bridgehead atoms. The number of anilines is 1. The topological polar surface area (TPSA) is 82.5 Å². The molecule has 4 rings (SSSR count). The summed E-state index contributed by atoms with van der Waals surface area (Å²) in [5.41, 5.74) is 2.94. The predicted molar refractivity (Wildman–Crippen MR) is 165 cm³/mol. The summed E-state index contributed by atoms with van der Waals surface area (Å²) in [6.07, 6.45) is -1.20. The molecule has 2 saturated heterocycles. The van der Waals surface area contributed by atoms with E-state index in [9.17, 15) is 18.0 Å². The lowest BCUT2D eigenvalue weighted by atomic mass is 10.0. The molecule has 2 aliphatic rings. The fraction of sp³-hybridized carbons (Fsp3) is 0.469. The standard InChI is InChI=1S/C32H41F3N6O3/c1-6-44-31(36-4)29(41-11-13-43-14-12-41)15-22(2)28-18-25(20-37-23(28)3)30(42)38-27-17-24(16-26(19-27)32(33,34)35)21-40-9-7-39(5)8-10-40/h15-20H,4,6-14,21H2,1-3,5H3,(H,38,42)/b22-15+,31-29-. The smallest absolute Gasteiger partial charge is 0.416 e. The van der Waals surface area contributed by atoms with E-state index in [1.54, 1.807) is 12.1 Å². The van der Waals surface area contributed by atoms with E-state index in [0.717, 1.165) is 49.6 Å². The van der Waals surface area contributed by atoms with Crippen LogP contribution in [0.1, 0.15) is 46.6 Å². The van der Waals surface area contributed by atoms with Crippen LogP contribution in [-0.2, 0) is 22.2 Å². The van der Waals surface area contributed by atoms with Gasteiger partial charge in [-0.1, -0.05) is 0 Å². The number of aryl methyl sites for hydroxylation is 1. The molecule has 9 nitrogen and oxygen atoms in total. The number of morpholine rings is 1. The summed E-state index contributed by atoms with van der Waals surface area (Å²) in [7, 11) is 2.02. The van der Waals surface area contributed by atoms with Crippen molar-refractivity contribution in [3.8, 4) is 0 Å². The van der Waals surface area contributed by atoms with Gasteiger partial charge in [0.05, 0.1) is 30.9 Å². The Morgan fingerprint density at radius 3 is 2.48 bits per heavy atom. The average Bonchev–Trinajstić information content (AvgIpc) is 3.00. The van der Waals surface area contributed by atoms with Gasteiger partial charge in [-0.2, -0.15) is 13.2 Å². The third-order valence-electron chi connectivity index (χ3n) is 7.70. The van der Waals surface area contributed by atoms with Crippen molar-refractivity contribution in [3.05, 3.63) is 76.1 Å². The maximum atomic E-state index is 13.8.